The molecule has 2 aliphatic rings. The summed E-state index contributed by atoms with van der Waals surface area (Å²) in [6.45, 7) is 6.53. The monoisotopic (exact) mass is 425 g/mol. The topological polar surface area (TPSA) is 65.0 Å². The Labute approximate surface area is 185 Å². The molecule has 0 spiro atoms. The van der Waals surface area contributed by atoms with E-state index in [1.807, 2.05) is 6.92 Å². The highest BCUT2D eigenvalue weighted by Crippen LogP contribution is 2.55. The molecular formula is C26H36FN3O. The molecule has 0 saturated heterocycles. The van der Waals surface area contributed by atoms with E-state index in [4.69, 9.17) is 5.41 Å². The fourth-order valence-corrected chi connectivity index (χ4v) is 5.23. The second-order valence-electron chi connectivity index (χ2n) is 9.25. The van der Waals surface area contributed by atoms with Gasteiger partial charge in [-0.1, -0.05) is 32.8 Å². The summed E-state index contributed by atoms with van der Waals surface area (Å²) >= 11 is 0. The Balaban J connectivity index is 1.76. The first-order valence-corrected chi connectivity index (χ1v) is 11.7. The average Bonchev–Trinajstić information content (AvgIpc) is 3.04. The Morgan fingerprint density at radius 2 is 2.03 bits per heavy atom. The predicted octanol–water partition coefficient (Wildman–Crippen LogP) is 6.36. The summed E-state index contributed by atoms with van der Waals surface area (Å²) in [5.41, 5.74) is 4.18. The minimum Gasteiger partial charge on any atom is -0.355 e. The Kier molecular flexibility index (Phi) is 7.69. The Hall–Kier alpha value is -2.43. The van der Waals surface area contributed by atoms with Gasteiger partial charge in [-0.2, -0.15) is 0 Å². The molecule has 1 aromatic carbocycles. The SMILES string of the molecule is CCCC(=O)NC(CCC)C[C@H]1CCC2=CC(Nc3ccc(F)cc3)=C(C=N)C[C@@]21C. The molecule has 3 N–H and O–H groups in total. The second kappa shape index (κ2) is 10.3. The largest absolute Gasteiger partial charge is 0.355 e. The van der Waals surface area contributed by atoms with Crippen molar-refractivity contribution in [2.24, 2.45) is 11.3 Å². The average molecular weight is 426 g/mol. The zero-order valence-electron chi connectivity index (χ0n) is 19.1. The third-order valence-electron chi connectivity index (χ3n) is 6.96. The van der Waals surface area contributed by atoms with Crippen molar-refractivity contribution in [3.05, 3.63) is 53.0 Å². The van der Waals surface area contributed by atoms with Crippen molar-refractivity contribution in [2.75, 3.05) is 5.32 Å². The quantitative estimate of drug-likeness (QED) is 0.382. The number of hydrogen-bond donors (Lipinski definition) is 3. The number of fused-ring (bicyclic) bond motifs is 1. The van der Waals surface area contributed by atoms with Crippen molar-refractivity contribution in [1.29, 1.82) is 5.41 Å². The highest BCUT2D eigenvalue weighted by molar-refractivity contribution is 5.81. The molecule has 1 aromatic rings. The summed E-state index contributed by atoms with van der Waals surface area (Å²) in [5, 5.41) is 14.7. The minimum absolute atomic E-state index is 0.0162. The lowest BCUT2D eigenvalue weighted by Gasteiger charge is -2.38. The van der Waals surface area contributed by atoms with Gasteiger partial charge < -0.3 is 16.0 Å². The molecule has 0 radical (unpaired) electrons. The highest BCUT2D eigenvalue weighted by atomic mass is 19.1. The van der Waals surface area contributed by atoms with Crippen LogP contribution in [0.1, 0.15) is 72.1 Å². The van der Waals surface area contributed by atoms with E-state index >= 15 is 0 Å². The van der Waals surface area contributed by atoms with Crippen LogP contribution in [0.25, 0.3) is 0 Å². The van der Waals surface area contributed by atoms with Crippen molar-refractivity contribution in [3.8, 4) is 0 Å². The number of amides is 1. The fraction of sp³-hybridized carbons (Fsp3) is 0.538. The van der Waals surface area contributed by atoms with Crippen molar-refractivity contribution in [3.63, 3.8) is 0 Å². The molecule has 3 rings (SSSR count). The second-order valence-corrected chi connectivity index (χ2v) is 9.25. The van der Waals surface area contributed by atoms with Gasteiger partial charge >= 0.3 is 0 Å². The normalized spacial score (nSPS) is 23.7. The molecule has 2 aliphatic carbocycles. The summed E-state index contributed by atoms with van der Waals surface area (Å²) in [7, 11) is 0. The van der Waals surface area contributed by atoms with Gasteiger partial charge in [0.2, 0.25) is 5.91 Å². The summed E-state index contributed by atoms with van der Waals surface area (Å²) in [6.07, 6.45) is 11.1. The maximum absolute atomic E-state index is 13.2. The number of allylic oxidation sites excluding steroid dienone is 3. The summed E-state index contributed by atoms with van der Waals surface area (Å²) in [4.78, 5) is 12.2. The smallest absolute Gasteiger partial charge is 0.220 e. The maximum Gasteiger partial charge on any atom is 0.220 e. The van der Waals surface area contributed by atoms with Crippen LogP contribution in [0.4, 0.5) is 10.1 Å². The first-order valence-electron chi connectivity index (χ1n) is 11.7. The third kappa shape index (κ3) is 5.44. The Morgan fingerprint density at radius 1 is 1.29 bits per heavy atom. The lowest BCUT2D eigenvalue weighted by atomic mass is 9.68. The summed E-state index contributed by atoms with van der Waals surface area (Å²) in [6, 6.07) is 6.55. The number of carbonyl (C=O) groups excluding carboxylic acids is 1. The number of carbonyl (C=O) groups is 1. The zero-order valence-corrected chi connectivity index (χ0v) is 19.1. The molecule has 1 saturated carbocycles. The van der Waals surface area contributed by atoms with Crippen LogP contribution in [0.5, 0.6) is 0 Å². The van der Waals surface area contributed by atoms with Crippen LogP contribution in [-0.4, -0.2) is 18.2 Å². The van der Waals surface area contributed by atoms with Gasteiger partial charge in [-0.15, -0.1) is 0 Å². The molecule has 0 bridgehead atoms. The lowest BCUT2D eigenvalue weighted by Crippen LogP contribution is -2.39. The number of halogens is 1. The van der Waals surface area contributed by atoms with E-state index < -0.39 is 0 Å². The zero-order chi connectivity index (χ0) is 22.4. The number of anilines is 1. The Bertz CT molecular complexity index is 858. The van der Waals surface area contributed by atoms with E-state index in [1.165, 1.54) is 23.9 Å². The van der Waals surface area contributed by atoms with Crippen molar-refractivity contribution >= 4 is 17.8 Å². The number of benzene rings is 1. The molecule has 0 aliphatic heterocycles. The molecule has 0 aromatic heterocycles. The molecule has 4 nitrogen and oxygen atoms in total. The van der Waals surface area contributed by atoms with E-state index in [0.29, 0.717) is 12.3 Å². The lowest BCUT2D eigenvalue weighted by molar-refractivity contribution is -0.122. The van der Waals surface area contributed by atoms with Crippen LogP contribution in [0, 0.1) is 22.6 Å². The van der Waals surface area contributed by atoms with E-state index in [-0.39, 0.29) is 23.2 Å². The van der Waals surface area contributed by atoms with Gasteiger partial charge in [-0.3, -0.25) is 4.79 Å². The van der Waals surface area contributed by atoms with E-state index in [1.54, 1.807) is 12.1 Å². The molecule has 3 atom stereocenters. The van der Waals surface area contributed by atoms with Crippen LogP contribution in [0.15, 0.2) is 47.2 Å². The Morgan fingerprint density at radius 3 is 2.68 bits per heavy atom. The number of rotatable bonds is 10. The summed E-state index contributed by atoms with van der Waals surface area (Å²) in [5.74, 6) is 0.390. The van der Waals surface area contributed by atoms with Gasteiger partial charge in [0.15, 0.2) is 0 Å². The standard InChI is InChI=1S/C26H36FN3O/c1-4-6-23(30-25(31)7-5-2)14-19-8-9-20-15-24(18(17-28)16-26(19,20)3)29-22-12-10-21(27)11-13-22/h10-13,15,17,19,23,28-29H,4-9,14,16H2,1-3H3,(H,30,31)/t19-,23?,26-/m1/s1. The highest BCUT2D eigenvalue weighted by Gasteiger charge is 2.45. The fourth-order valence-electron chi connectivity index (χ4n) is 5.23. The van der Waals surface area contributed by atoms with Crippen molar-refractivity contribution in [1.82, 2.24) is 5.32 Å². The van der Waals surface area contributed by atoms with E-state index in [2.05, 4.69) is 30.6 Å². The molecule has 1 fully saturated rings. The van der Waals surface area contributed by atoms with Gasteiger partial charge in [0.25, 0.3) is 0 Å². The molecule has 1 unspecified atom stereocenters. The van der Waals surface area contributed by atoms with Crippen LogP contribution >= 0.6 is 0 Å². The van der Waals surface area contributed by atoms with E-state index in [0.717, 1.165) is 61.9 Å². The van der Waals surface area contributed by atoms with Gasteiger partial charge in [-0.05, 0) is 85.8 Å². The maximum atomic E-state index is 13.2. The van der Waals surface area contributed by atoms with Crippen LogP contribution < -0.4 is 10.6 Å². The van der Waals surface area contributed by atoms with Crippen molar-refractivity contribution < 1.29 is 9.18 Å². The molecule has 5 heteroatoms. The van der Waals surface area contributed by atoms with Crippen LogP contribution in [0.3, 0.4) is 0 Å². The molecule has 0 heterocycles. The van der Waals surface area contributed by atoms with E-state index in [9.17, 15) is 9.18 Å². The van der Waals surface area contributed by atoms with Crippen LogP contribution in [0.2, 0.25) is 0 Å². The number of nitrogens with one attached hydrogen (secondary N) is 3. The minimum atomic E-state index is -0.257. The third-order valence-corrected chi connectivity index (χ3v) is 6.96. The van der Waals surface area contributed by atoms with Crippen LogP contribution in [-0.2, 0) is 4.79 Å². The van der Waals surface area contributed by atoms with Gasteiger partial charge in [0.05, 0.1) is 0 Å². The van der Waals surface area contributed by atoms with Gasteiger partial charge in [0, 0.05) is 30.1 Å². The van der Waals surface area contributed by atoms with Crippen molar-refractivity contribution in [2.45, 2.75) is 78.2 Å². The predicted molar refractivity (Wildman–Crippen MR) is 126 cm³/mol. The summed E-state index contributed by atoms with van der Waals surface area (Å²) < 4.78 is 13.2. The van der Waals surface area contributed by atoms with Gasteiger partial charge in [-0.25, -0.2) is 4.39 Å². The first-order chi connectivity index (χ1) is 14.9. The molecule has 1 amide bonds. The molecule has 168 valence electrons. The van der Waals surface area contributed by atoms with Gasteiger partial charge in [0.1, 0.15) is 5.82 Å². The molecule has 31 heavy (non-hydrogen) atoms. The molecular weight excluding hydrogens is 389 g/mol. The first kappa shape index (κ1) is 23.2. The number of hydrogen-bond acceptors (Lipinski definition) is 3.